The van der Waals surface area contributed by atoms with Gasteiger partial charge >= 0.3 is 7.75 Å². The van der Waals surface area contributed by atoms with Crippen LogP contribution >= 0.6 is 19.3 Å². The van der Waals surface area contributed by atoms with Crippen molar-refractivity contribution in [3.8, 4) is 28.7 Å². The Hall–Kier alpha value is -3.67. The minimum Gasteiger partial charge on any atom is -0.872 e. The van der Waals surface area contributed by atoms with Crippen molar-refractivity contribution in [2.24, 2.45) is 0 Å². The first-order valence-corrected chi connectivity index (χ1v) is 12.0. The van der Waals surface area contributed by atoms with Gasteiger partial charge in [-0.25, -0.2) is 0 Å². The zero-order chi connectivity index (χ0) is 24.4. The van der Waals surface area contributed by atoms with Crippen LogP contribution in [-0.4, -0.2) is 14.2 Å². The molecule has 7 nitrogen and oxygen atoms in total. The smallest absolute Gasteiger partial charge is 0.728 e. The van der Waals surface area contributed by atoms with Crippen LogP contribution in [0.3, 0.4) is 0 Å². The van der Waals surface area contributed by atoms with Crippen molar-refractivity contribution >= 4 is 19.3 Å². The molecule has 176 valence electrons. The van der Waals surface area contributed by atoms with Crippen LogP contribution in [0.15, 0.2) is 103 Å². The van der Waals surface area contributed by atoms with Crippen LogP contribution in [0.2, 0.25) is 5.02 Å². The number of halogens is 1. The van der Waals surface area contributed by atoms with Crippen molar-refractivity contribution in [1.29, 1.82) is 0 Å². The molecule has 0 unspecified atom stereocenters. The van der Waals surface area contributed by atoms with Gasteiger partial charge in [-0.05, 0) is 60.7 Å². The van der Waals surface area contributed by atoms with Crippen molar-refractivity contribution in [3.63, 3.8) is 0 Å². The lowest BCUT2D eigenvalue weighted by Crippen LogP contribution is -2.34. The largest absolute Gasteiger partial charge is 0.872 e. The van der Waals surface area contributed by atoms with Crippen LogP contribution in [0.1, 0.15) is 0 Å². The molecule has 0 bridgehead atoms. The zero-order valence-corrected chi connectivity index (χ0v) is 20.2. The first-order valence-electron chi connectivity index (χ1n) is 10.1. The highest BCUT2D eigenvalue weighted by Crippen LogP contribution is 2.44. The lowest BCUT2D eigenvalue weighted by Gasteiger charge is -2.14. The number of methoxy groups -OCH3 is 2. The minimum absolute atomic E-state index is 0.00519. The SMILES string of the molecule is COc1ccc(OP(=O)(Oc2ccc(OC)cc2)[n+]2ccccc2)cc1.[O-]c1ccc(Cl)cc1. The molecule has 0 aliphatic heterocycles. The second-order valence-corrected chi connectivity index (χ2v) is 8.91. The molecule has 0 amide bonds. The molecule has 1 aromatic heterocycles. The number of hydrogen-bond donors (Lipinski definition) is 0. The van der Waals surface area contributed by atoms with Crippen LogP contribution in [0, 0.1) is 0 Å². The van der Waals surface area contributed by atoms with Crippen LogP contribution in [0.5, 0.6) is 28.7 Å². The fourth-order valence-electron chi connectivity index (χ4n) is 2.64. The molecule has 34 heavy (non-hydrogen) atoms. The average Bonchev–Trinajstić information content (AvgIpc) is 2.87. The number of aromatic nitrogens is 1. The molecule has 0 saturated heterocycles. The molecular formula is C25H23ClNO6P. The van der Waals surface area contributed by atoms with E-state index in [0.29, 0.717) is 28.0 Å². The van der Waals surface area contributed by atoms with E-state index in [1.54, 1.807) is 99.4 Å². The summed E-state index contributed by atoms with van der Waals surface area (Å²) in [5.74, 6) is 2.15. The molecule has 0 saturated carbocycles. The average molecular weight is 500 g/mol. The Morgan fingerprint density at radius 2 is 1.09 bits per heavy atom. The van der Waals surface area contributed by atoms with Gasteiger partial charge in [0.2, 0.25) is 0 Å². The highest BCUT2D eigenvalue weighted by atomic mass is 35.5. The maximum Gasteiger partial charge on any atom is 0.728 e. The molecule has 3 aromatic carbocycles. The highest BCUT2D eigenvalue weighted by Gasteiger charge is 2.42. The van der Waals surface area contributed by atoms with Gasteiger partial charge in [0, 0.05) is 17.2 Å². The normalized spacial score (nSPS) is 10.4. The van der Waals surface area contributed by atoms with Gasteiger partial charge in [0.25, 0.3) is 0 Å². The molecule has 0 N–H and O–H groups in total. The lowest BCUT2D eigenvalue weighted by atomic mass is 10.3. The van der Waals surface area contributed by atoms with Crippen LogP contribution < -0.4 is 28.0 Å². The van der Waals surface area contributed by atoms with Crippen LogP contribution in [0.25, 0.3) is 0 Å². The van der Waals surface area contributed by atoms with Gasteiger partial charge in [0.05, 0.1) is 14.2 Å². The molecule has 1 heterocycles. The number of nitrogens with zero attached hydrogens (tertiary/aromatic N) is 1. The maximum atomic E-state index is 13.5. The molecule has 4 aromatic rings. The van der Waals surface area contributed by atoms with Gasteiger partial charge in [-0.15, -0.1) is 5.75 Å². The number of ether oxygens (including phenoxy) is 2. The second kappa shape index (κ2) is 12.0. The summed E-state index contributed by atoms with van der Waals surface area (Å²) in [6.45, 7) is 0. The van der Waals surface area contributed by atoms with Crippen molar-refractivity contribution in [2.45, 2.75) is 0 Å². The maximum absolute atomic E-state index is 13.5. The number of pyridine rings is 1. The van der Waals surface area contributed by atoms with E-state index < -0.39 is 7.75 Å². The predicted octanol–water partition coefficient (Wildman–Crippen LogP) is 5.52. The summed E-state index contributed by atoms with van der Waals surface area (Å²) in [5, 5.41) is 11.0. The van der Waals surface area contributed by atoms with E-state index in [0.717, 1.165) is 0 Å². The van der Waals surface area contributed by atoms with Gasteiger partial charge in [-0.1, -0.05) is 34.1 Å². The first-order chi connectivity index (χ1) is 16.4. The third kappa shape index (κ3) is 7.17. The zero-order valence-electron chi connectivity index (χ0n) is 18.5. The van der Waals surface area contributed by atoms with E-state index in [1.165, 1.54) is 16.5 Å². The molecule has 0 spiro atoms. The van der Waals surface area contributed by atoms with E-state index in [2.05, 4.69) is 0 Å². The van der Waals surface area contributed by atoms with Gasteiger partial charge in [0.15, 0.2) is 12.4 Å². The summed E-state index contributed by atoms with van der Waals surface area (Å²) in [6, 6.07) is 24.9. The Morgan fingerprint density at radius 1 is 0.676 bits per heavy atom. The van der Waals surface area contributed by atoms with E-state index in [1.807, 2.05) is 6.07 Å². The molecule has 0 atom stereocenters. The van der Waals surface area contributed by atoms with Crippen molar-refractivity contribution in [2.75, 3.05) is 14.2 Å². The molecule has 0 aliphatic rings. The quantitative estimate of drug-likeness (QED) is 0.311. The summed E-state index contributed by atoms with van der Waals surface area (Å²) < 4.78 is 36.7. The van der Waals surface area contributed by atoms with E-state index in [-0.39, 0.29) is 5.75 Å². The monoisotopic (exact) mass is 499 g/mol. The summed E-state index contributed by atoms with van der Waals surface area (Å²) >= 11 is 5.47. The Balaban J connectivity index is 0.000000343. The fraction of sp³-hybridized carbons (Fsp3) is 0.0800. The van der Waals surface area contributed by atoms with Crippen molar-refractivity contribution < 1.29 is 32.5 Å². The summed E-state index contributed by atoms with van der Waals surface area (Å²) in [6.07, 6.45) is 3.27. The van der Waals surface area contributed by atoms with Crippen molar-refractivity contribution in [1.82, 2.24) is 0 Å². The Morgan fingerprint density at radius 3 is 1.47 bits per heavy atom. The van der Waals surface area contributed by atoms with Crippen LogP contribution in [-0.2, 0) is 4.57 Å². The third-order valence-corrected chi connectivity index (χ3v) is 6.32. The number of benzene rings is 3. The minimum atomic E-state index is -3.73. The third-order valence-electron chi connectivity index (χ3n) is 4.36. The summed E-state index contributed by atoms with van der Waals surface area (Å²) in [4.78, 5) is 0. The Bertz CT molecular complexity index is 1130. The molecule has 0 fully saturated rings. The van der Waals surface area contributed by atoms with E-state index in [4.69, 9.17) is 30.1 Å². The summed E-state index contributed by atoms with van der Waals surface area (Å²) in [7, 11) is -0.574. The van der Waals surface area contributed by atoms with Gasteiger partial charge in [-0.3, -0.25) is 0 Å². The molecule has 9 heteroatoms. The standard InChI is InChI=1S/C19H19NO5P.C6H5ClO/c1-22-16-6-10-18(11-7-16)24-26(21,20-14-4-3-5-15-20)25-19-12-8-17(23-2)9-13-19;7-5-1-3-6(8)4-2-5/h3-15H,1-2H3;1-4,8H/q+1;/p-1. The van der Waals surface area contributed by atoms with Crippen LogP contribution in [0.4, 0.5) is 0 Å². The van der Waals surface area contributed by atoms with E-state index in [9.17, 15) is 9.67 Å². The van der Waals surface area contributed by atoms with Crippen molar-refractivity contribution in [3.05, 3.63) is 108 Å². The fourth-order valence-corrected chi connectivity index (χ4v) is 4.25. The van der Waals surface area contributed by atoms with Gasteiger partial charge in [0.1, 0.15) is 23.0 Å². The number of rotatable bonds is 7. The highest BCUT2D eigenvalue weighted by molar-refractivity contribution is 7.47. The molecule has 0 radical (unpaired) electrons. The number of hydrogen-bond acceptors (Lipinski definition) is 6. The van der Waals surface area contributed by atoms with Gasteiger partial charge in [-0.2, -0.15) is 4.57 Å². The topological polar surface area (TPSA) is 80.9 Å². The molecule has 0 aliphatic carbocycles. The lowest BCUT2D eigenvalue weighted by molar-refractivity contribution is -0.536. The first kappa shape index (κ1) is 25.0. The molecular weight excluding hydrogens is 477 g/mol. The van der Waals surface area contributed by atoms with Gasteiger partial charge < -0.3 is 23.6 Å². The summed E-state index contributed by atoms with van der Waals surface area (Å²) in [5.41, 5.74) is 0. The van der Waals surface area contributed by atoms with E-state index >= 15 is 0 Å². The Kier molecular flexibility index (Phi) is 8.79. The second-order valence-electron chi connectivity index (χ2n) is 6.71. The predicted molar refractivity (Wildman–Crippen MR) is 128 cm³/mol. The molecule has 4 rings (SSSR count). The Labute approximate surface area is 203 Å².